The minimum absolute atomic E-state index is 0.234. The second kappa shape index (κ2) is 7.72. The summed E-state index contributed by atoms with van der Waals surface area (Å²) in [6.45, 7) is 3.07. The number of imidazole rings is 1. The molecule has 1 unspecified atom stereocenters. The van der Waals surface area contributed by atoms with Crippen LogP contribution in [-0.4, -0.2) is 39.9 Å². The summed E-state index contributed by atoms with van der Waals surface area (Å²) in [6, 6.07) is 8.30. The highest BCUT2D eigenvalue weighted by Gasteiger charge is 2.26. The van der Waals surface area contributed by atoms with E-state index in [1.165, 1.54) is 6.42 Å². The summed E-state index contributed by atoms with van der Waals surface area (Å²) in [5.41, 5.74) is 2.94. The van der Waals surface area contributed by atoms with E-state index in [1.54, 1.807) is 18.4 Å². The Morgan fingerprint density at radius 1 is 1.37 bits per heavy atom. The molecular formula is C21H25N3O2S. The van der Waals surface area contributed by atoms with Gasteiger partial charge in [0.25, 0.3) is 0 Å². The first-order valence-corrected chi connectivity index (χ1v) is 10.5. The molecule has 0 N–H and O–H groups in total. The first-order valence-electron chi connectivity index (χ1n) is 9.59. The number of methoxy groups -OCH3 is 1. The fraction of sp³-hybridized carbons (Fsp3) is 0.429. The van der Waals surface area contributed by atoms with Crippen LogP contribution < -0.4 is 4.74 Å². The highest BCUT2D eigenvalue weighted by Crippen LogP contribution is 2.27. The lowest BCUT2D eigenvalue weighted by Gasteiger charge is -2.35. The number of piperidine rings is 1. The molecule has 1 saturated heterocycles. The van der Waals surface area contributed by atoms with Gasteiger partial charge in [-0.1, -0.05) is 19.1 Å². The summed E-state index contributed by atoms with van der Waals surface area (Å²) in [4.78, 5) is 20.7. The number of fused-ring (bicyclic) bond motifs is 1. The van der Waals surface area contributed by atoms with Crippen LogP contribution in [0.2, 0.25) is 0 Å². The molecule has 4 rings (SSSR count). The number of rotatable bonds is 5. The van der Waals surface area contributed by atoms with E-state index >= 15 is 0 Å². The molecule has 1 amide bonds. The molecular weight excluding hydrogens is 358 g/mol. The number of aromatic nitrogens is 2. The van der Waals surface area contributed by atoms with Crippen LogP contribution in [0.15, 0.2) is 35.8 Å². The summed E-state index contributed by atoms with van der Waals surface area (Å²) in [6.07, 6.45) is 6.98. The Hall–Kier alpha value is -2.34. The van der Waals surface area contributed by atoms with Crippen LogP contribution in [0.5, 0.6) is 5.75 Å². The van der Waals surface area contributed by atoms with E-state index < -0.39 is 0 Å². The number of likely N-dealkylation sites (tertiary alicyclic amines) is 1. The van der Waals surface area contributed by atoms with Crippen molar-refractivity contribution in [3.05, 3.63) is 41.5 Å². The van der Waals surface area contributed by atoms with Crippen molar-refractivity contribution in [3.63, 3.8) is 0 Å². The van der Waals surface area contributed by atoms with Crippen molar-refractivity contribution in [1.29, 1.82) is 0 Å². The number of carbonyl (C=O) groups excluding carboxylic acids is 1. The van der Waals surface area contributed by atoms with E-state index in [4.69, 9.17) is 9.72 Å². The molecule has 142 valence electrons. The minimum atomic E-state index is 0.234. The molecule has 1 aromatic carbocycles. The van der Waals surface area contributed by atoms with Crippen LogP contribution in [0.1, 0.15) is 38.3 Å². The lowest BCUT2D eigenvalue weighted by molar-refractivity contribution is -0.134. The zero-order valence-electron chi connectivity index (χ0n) is 15.9. The molecule has 0 bridgehead atoms. The number of thiazole rings is 1. The second-order valence-electron chi connectivity index (χ2n) is 7.06. The Bertz CT molecular complexity index is 946. The number of hydrogen-bond donors (Lipinski definition) is 0. The van der Waals surface area contributed by atoms with Crippen LogP contribution in [0, 0.1) is 0 Å². The third-order valence-electron chi connectivity index (χ3n) is 5.40. The van der Waals surface area contributed by atoms with Crippen molar-refractivity contribution in [1.82, 2.24) is 14.3 Å². The van der Waals surface area contributed by atoms with Crippen LogP contribution in [0.3, 0.4) is 0 Å². The van der Waals surface area contributed by atoms with Gasteiger partial charge in [0.2, 0.25) is 5.91 Å². The molecule has 0 saturated carbocycles. The van der Waals surface area contributed by atoms with Gasteiger partial charge in [0.05, 0.1) is 19.2 Å². The first kappa shape index (κ1) is 18.0. The number of nitrogens with zero attached hydrogens (tertiary/aromatic N) is 3. The molecule has 0 spiro atoms. The molecule has 1 aliphatic heterocycles. The summed E-state index contributed by atoms with van der Waals surface area (Å²) in [7, 11) is 1.67. The van der Waals surface area contributed by atoms with E-state index in [1.807, 2.05) is 30.5 Å². The summed E-state index contributed by atoms with van der Waals surface area (Å²) < 4.78 is 7.37. The molecule has 0 aliphatic carbocycles. The number of carbonyl (C=O) groups is 1. The largest absolute Gasteiger partial charge is 0.497 e. The Kier molecular flexibility index (Phi) is 5.16. The van der Waals surface area contributed by atoms with Crippen LogP contribution in [-0.2, 0) is 11.2 Å². The fourth-order valence-corrected chi connectivity index (χ4v) is 4.76. The number of hydrogen-bond acceptors (Lipinski definition) is 4. The molecule has 3 aromatic rings. The zero-order valence-corrected chi connectivity index (χ0v) is 16.7. The maximum absolute atomic E-state index is 12.9. The maximum atomic E-state index is 12.9. The Morgan fingerprint density at radius 2 is 2.26 bits per heavy atom. The van der Waals surface area contributed by atoms with E-state index in [9.17, 15) is 4.79 Å². The van der Waals surface area contributed by atoms with Gasteiger partial charge >= 0.3 is 0 Å². The third-order valence-corrected chi connectivity index (χ3v) is 6.29. The monoisotopic (exact) mass is 383 g/mol. The van der Waals surface area contributed by atoms with Crippen molar-refractivity contribution < 1.29 is 9.53 Å². The van der Waals surface area contributed by atoms with Gasteiger partial charge in [0.1, 0.15) is 5.75 Å². The molecule has 1 fully saturated rings. The standard InChI is InChI=1S/C21H25N3O2S/c1-3-16-8-4-5-10-23(16)20(25)12-17-14-27-21-22-19(13-24(17)21)15-7-6-9-18(11-15)26-2/h6-7,9,11,13-14,16H,3-5,8,10,12H2,1-2H3. The smallest absolute Gasteiger partial charge is 0.228 e. The van der Waals surface area contributed by atoms with E-state index in [2.05, 4.69) is 21.6 Å². The molecule has 0 radical (unpaired) electrons. The Labute approximate surface area is 163 Å². The summed E-state index contributed by atoms with van der Waals surface area (Å²) in [5, 5.41) is 2.06. The molecule has 2 aromatic heterocycles. The topological polar surface area (TPSA) is 46.8 Å². The number of amides is 1. The van der Waals surface area contributed by atoms with Gasteiger partial charge < -0.3 is 9.64 Å². The van der Waals surface area contributed by atoms with Crippen LogP contribution >= 0.6 is 11.3 Å². The van der Waals surface area contributed by atoms with Gasteiger partial charge in [0.15, 0.2) is 4.96 Å². The lowest BCUT2D eigenvalue weighted by Crippen LogP contribution is -2.44. The molecule has 27 heavy (non-hydrogen) atoms. The van der Waals surface area contributed by atoms with Gasteiger partial charge in [-0.3, -0.25) is 9.20 Å². The lowest BCUT2D eigenvalue weighted by atomic mass is 9.99. The zero-order chi connectivity index (χ0) is 18.8. The normalized spacial score (nSPS) is 17.4. The summed E-state index contributed by atoms with van der Waals surface area (Å²) in [5.74, 6) is 1.05. The number of ether oxygens (including phenoxy) is 1. The molecule has 1 aliphatic rings. The summed E-state index contributed by atoms with van der Waals surface area (Å²) >= 11 is 1.58. The SMILES string of the molecule is CCC1CCCCN1C(=O)Cc1csc2nc(-c3cccc(OC)c3)cn12. The van der Waals surface area contributed by atoms with E-state index in [0.717, 1.165) is 53.5 Å². The van der Waals surface area contributed by atoms with Crippen molar-refractivity contribution >= 4 is 22.2 Å². The van der Waals surface area contributed by atoms with Crippen molar-refractivity contribution in [3.8, 4) is 17.0 Å². The number of benzene rings is 1. The van der Waals surface area contributed by atoms with Crippen molar-refractivity contribution in [2.24, 2.45) is 0 Å². The van der Waals surface area contributed by atoms with Gasteiger partial charge in [-0.05, 0) is 37.8 Å². The van der Waals surface area contributed by atoms with Gasteiger partial charge in [0, 0.05) is 35.4 Å². The molecule has 3 heterocycles. The third kappa shape index (κ3) is 3.58. The van der Waals surface area contributed by atoms with Crippen molar-refractivity contribution in [2.75, 3.05) is 13.7 Å². The highest BCUT2D eigenvalue weighted by molar-refractivity contribution is 7.15. The first-order chi connectivity index (χ1) is 13.2. The predicted molar refractivity (Wildman–Crippen MR) is 108 cm³/mol. The second-order valence-corrected chi connectivity index (χ2v) is 7.90. The van der Waals surface area contributed by atoms with Crippen LogP contribution in [0.4, 0.5) is 0 Å². The Balaban J connectivity index is 1.58. The van der Waals surface area contributed by atoms with Gasteiger partial charge in [-0.15, -0.1) is 11.3 Å². The van der Waals surface area contributed by atoms with E-state index in [0.29, 0.717) is 12.5 Å². The Morgan fingerprint density at radius 3 is 3.07 bits per heavy atom. The molecule has 1 atom stereocenters. The predicted octanol–water partition coefficient (Wildman–Crippen LogP) is 4.41. The average molecular weight is 384 g/mol. The van der Waals surface area contributed by atoms with Gasteiger partial charge in [-0.2, -0.15) is 0 Å². The molecule has 6 heteroatoms. The maximum Gasteiger partial charge on any atom is 0.228 e. The molecule has 5 nitrogen and oxygen atoms in total. The van der Waals surface area contributed by atoms with E-state index in [-0.39, 0.29) is 5.91 Å². The minimum Gasteiger partial charge on any atom is -0.497 e. The average Bonchev–Trinajstić information content (AvgIpc) is 3.30. The fourth-order valence-electron chi connectivity index (χ4n) is 3.89. The van der Waals surface area contributed by atoms with Crippen LogP contribution in [0.25, 0.3) is 16.2 Å². The van der Waals surface area contributed by atoms with Gasteiger partial charge in [-0.25, -0.2) is 4.98 Å². The quantitative estimate of drug-likeness (QED) is 0.656. The van der Waals surface area contributed by atoms with Crippen molar-refractivity contribution in [2.45, 2.75) is 45.1 Å². The highest BCUT2D eigenvalue weighted by atomic mass is 32.1.